The summed E-state index contributed by atoms with van der Waals surface area (Å²) in [5, 5.41) is 0. The number of hydrogen-bond donors (Lipinski definition) is 1. The van der Waals surface area contributed by atoms with Crippen molar-refractivity contribution >= 4 is 9.84 Å². The van der Waals surface area contributed by atoms with Gasteiger partial charge in [0.2, 0.25) is 0 Å². The SMILES string of the molecule is Cc1ccc(S(=O)(=O)CCC(C)N)c(C)c1. The van der Waals surface area contributed by atoms with Gasteiger partial charge in [0.25, 0.3) is 0 Å². The average molecular weight is 241 g/mol. The van der Waals surface area contributed by atoms with E-state index in [-0.39, 0.29) is 11.8 Å². The Morgan fingerprint density at radius 1 is 1.31 bits per heavy atom. The summed E-state index contributed by atoms with van der Waals surface area (Å²) in [6, 6.07) is 5.31. The van der Waals surface area contributed by atoms with Crippen LogP contribution in [0.4, 0.5) is 0 Å². The van der Waals surface area contributed by atoms with Crippen LogP contribution in [-0.4, -0.2) is 20.2 Å². The predicted octanol–water partition coefficient (Wildman–Crippen LogP) is 1.81. The molecule has 4 heteroatoms. The third-order valence-corrected chi connectivity index (χ3v) is 4.41. The molecule has 1 aromatic carbocycles. The smallest absolute Gasteiger partial charge is 0.178 e. The van der Waals surface area contributed by atoms with Gasteiger partial charge >= 0.3 is 0 Å². The number of rotatable bonds is 4. The first-order valence-electron chi connectivity index (χ1n) is 5.38. The lowest BCUT2D eigenvalue weighted by molar-refractivity contribution is 0.587. The van der Waals surface area contributed by atoms with Gasteiger partial charge in [-0.15, -0.1) is 0 Å². The van der Waals surface area contributed by atoms with E-state index < -0.39 is 9.84 Å². The molecule has 1 rings (SSSR count). The third-order valence-electron chi connectivity index (χ3n) is 2.51. The van der Waals surface area contributed by atoms with Gasteiger partial charge in [0.05, 0.1) is 10.6 Å². The van der Waals surface area contributed by atoms with Gasteiger partial charge in [0.15, 0.2) is 9.84 Å². The van der Waals surface area contributed by atoms with Gasteiger partial charge in [0, 0.05) is 6.04 Å². The molecule has 0 aliphatic rings. The van der Waals surface area contributed by atoms with Crippen molar-refractivity contribution in [1.82, 2.24) is 0 Å². The molecule has 0 bridgehead atoms. The Hall–Kier alpha value is -0.870. The van der Waals surface area contributed by atoms with Gasteiger partial charge in [-0.25, -0.2) is 8.42 Å². The maximum Gasteiger partial charge on any atom is 0.178 e. The minimum absolute atomic E-state index is 0.0828. The summed E-state index contributed by atoms with van der Waals surface area (Å²) in [4.78, 5) is 0.429. The van der Waals surface area contributed by atoms with E-state index in [2.05, 4.69) is 0 Å². The highest BCUT2D eigenvalue weighted by Gasteiger charge is 2.17. The van der Waals surface area contributed by atoms with Crippen molar-refractivity contribution in [1.29, 1.82) is 0 Å². The number of nitrogens with two attached hydrogens (primary N) is 1. The molecule has 0 amide bonds. The van der Waals surface area contributed by atoms with Gasteiger partial charge in [-0.2, -0.15) is 0 Å². The molecule has 0 aromatic heterocycles. The minimum atomic E-state index is -3.18. The molecule has 0 radical (unpaired) electrons. The van der Waals surface area contributed by atoms with Crippen molar-refractivity contribution in [3.63, 3.8) is 0 Å². The molecule has 1 aromatic rings. The second-order valence-corrected chi connectivity index (χ2v) is 6.43. The van der Waals surface area contributed by atoms with E-state index in [1.807, 2.05) is 32.9 Å². The van der Waals surface area contributed by atoms with Crippen molar-refractivity contribution in [2.45, 2.75) is 38.1 Å². The number of aryl methyl sites for hydroxylation is 2. The summed E-state index contributed by atoms with van der Waals surface area (Å²) in [5.74, 6) is 0.120. The lowest BCUT2D eigenvalue weighted by atomic mass is 10.2. The first-order valence-corrected chi connectivity index (χ1v) is 7.04. The Morgan fingerprint density at radius 3 is 2.44 bits per heavy atom. The molecule has 1 atom stereocenters. The van der Waals surface area contributed by atoms with Crippen LogP contribution in [0.2, 0.25) is 0 Å². The predicted molar refractivity (Wildman–Crippen MR) is 66.2 cm³/mol. The lowest BCUT2D eigenvalue weighted by Crippen LogP contribution is -2.20. The second-order valence-electron chi connectivity index (χ2n) is 4.35. The Kier molecular flexibility index (Phi) is 4.10. The quantitative estimate of drug-likeness (QED) is 0.874. The normalized spacial score (nSPS) is 13.8. The van der Waals surface area contributed by atoms with E-state index >= 15 is 0 Å². The van der Waals surface area contributed by atoms with E-state index in [4.69, 9.17) is 5.73 Å². The summed E-state index contributed by atoms with van der Waals surface area (Å²) in [7, 11) is -3.18. The van der Waals surface area contributed by atoms with Crippen LogP contribution in [0.5, 0.6) is 0 Å². The molecule has 3 nitrogen and oxygen atoms in total. The van der Waals surface area contributed by atoms with E-state index in [1.165, 1.54) is 0 Å². The highest BCUT2D eigenvalue weighted by molar-refractivity contribution is 7.91. The molecule has 0 spiro atoms. The number of hydrogen-bond acceptors (Lipinski definition) is 3. The molecular weight excluding hydrogens is 222 g/mol. The zero-order chi connectivity index (χ0) is 12.3. The second kappa shape index (κ2) is 4.97. The molecule has 0 saturated carbocycles. The Morgan fingerprint density at radius 2 is 1.94 bits per heavy atom. The van der Waals surface area contributed by atoms with Crippen molar-refractivity contribution in [3.05, 3.63) is 29.3 Å². The lowest BCUT2D eigenvalue weighted by Gasteiger charge is -2.09. The first kappa shape index (κ1) is 13.2. The molecule has 1 unspecified atom stereocenters. The summed E-state index contributed by atoms with van der Waals surface area (Å²) < 4.78 is 24.0. The first-order chi connectivity index (χ1) is 7.33. The Balaban J connectivity index is 2.99. The topological polar surface area (TPSA) is 60.2 Å². The third kappa shape index (κ3) is 3.32. The van der Waals surface area contributed by atoms with E-state index in [9.17, 15) is 8.42 Å². The zero-order valence-electron chi connectivity index (χ0n) is 10.0. The van der Waals surface area contributed by atoms with Gasteiger partial charge in [-0.05, 0) is 38.8 Å². The van der Waals surface area contributed by atoms with Crippen molar-refractivity contribution in [2.75, 3.05) is 5.75 Å². The van der Waals surface area contributed by atoms with Crippen LogP contribution in [0.15, 0.2) is 23.1 Å². The summed E-state index contributed by atoms with van der Waals surface area (Å²) >= 11 is 0. The Bertz CT molecular complexity index is 464. The maximum absolute atomic E-state index is 12.0. The summed E-state index contributed by atoms with van der Waals surface area (Å²) in [6.07, 6.45) is 0.496. The van der Waals surface area contributed by atoms with Gasteiger partial charge in [-0.1, -0.05) is 17.7 Å². The fraction of sp³-hybridized carbons (Fsp3) is 0.500. The fourth-order valence-corrected chi connectivity index (χ4v) is 3.33. The molecule has 2 N–H and O–H groups in total. The van der Waals surface area contributed by atoms with Crippen LogP contribution in [0.3, 0.4) is 0 Å². The van der Waals surface area contributed by atoms with Gasteiger partial charge < -0.3 is 5.73 Å². The van der Waals surface area contributed by atoms with Crippen molar-refractivity contribution in [3.8, 4) is 0 Å². The van der Waals surface area contributed by atoms with Gasteiger partial charge in [0.1, 0.15) is 0 Å². The molecule has 0 aliphatic heterocycles. The highest BCUT2D eigenvalue weighted by Crippen LogP contribution is 2.18. The van der Waals surface area contributed by atoms with E-state index in [0.29, 0.717) is 11.3 Å². The van der Waals surface area contributed by atoms with E-state index in [0.717, 1.165) is 11.1 Å². The van der Waals surface area contributed by atoms with Crippen molar-refractivity contribution in [2.24, 2.45) is 5.73 Å². The van der Waals surface area contributed by atoms with Crippen LogP contribution in [-0.2, 0) is 9.84 Å². The summed E-state index contributed by atoms with van der Waals surface area (Å²) in [6.45, 7) is 5.59. The molecule has 0 saturated heterocycles. The van der Waals surface area contributed by atoms with Crippen LogP contribution in [0.1, 0.15) is 24.5 Å². The van der Waals surface area contributed by atoms with Crippen LogP contribution >= 0.6 is 0 Å². The average Bonchev–Trinajstić information content (AvgIpc) is 2.14. The molecule has 16 heavy (non-hydrogen) atoms. The van der Waals surface area contributed by atoms with Crippen LogP contribution in [0, 0.1) is 13.8 Å². The molecule has 0 heterocycles. The largest absolute Gasteiger partial charge is 0.328 e. The number of benzene rings is 1. The van der Waals surface area contributed by atoms with E-state index in [1.54, 1.807) is 6.07 Å². The monoisotopic (exact) mass is 241 g/mol. The minimum Gasteiger partial charge on any atom is -0.328 e. The molecule has 90 valence electrons. The van der Waals surface area contributed by atoms with Crippen molar-refractivity contribution < 1.29 is 8.42 Å². The zero-order valence-corrected chi connectivity index (χ0v) is 10.8. The molecular formula is C12H19NO2S. The summed E-state index contributed by atoms with van der Waals surface area (Å²) in [5.41, 5.74) is 7.46. The van der Waals surface area contributed by atoms with Crippen LogP contribution in [0.25, 0.3) is 0 Å². The standard InChI is InChI=1S/C12H19NO2S/c1-9-4-5-12(10(2)8-9)16(14,15)7-6-11(3)13/h4-5,8,11H,6-7,13H2,1-3H3. The maximum atomic E-state index is 12.0. The van der Waals surface area contributed by atoms with Crippen LogP contribution < -0.4 is 5.73 Å². The highest BCUT2D eigenvalue weighted by atomic mass is 32.2. The fourth-order valence-electron chi connectivity index (χ4n) is 1.60. The molecule has 0 aliphatic carbocycles. The molecule has 0 fully saturated rings. The Labute approximate surface area is 97.6 Å². The van der Waals surface area contributed by atoms with Gasteiger partial charge in [-0.3, -0.25) is 0 Å². The number of sulfone groups is 1.